The fraction of sp³-hybridized carbons (Fsp3) is 0.350. The van der Waals surface area contributed by atoms with E-state index < -0.39 is 0 Å². The molecule has 0 bridgehead atoms. The Morgan fingerprint density at radius 2 is 2.00 bits per heavy atom. The minimum atomic E-state index is -0.109. The van der Waals surface area contributed by atoms with Gasteiger partial charge in [0.15, 0.2) is 0 Å². The molecule has 1 N–H and O–H groups in total. The third kappa shape index (κ3) is 4.96. The Hall–Kier alpha value is -1.63. The molecule has 138 valence electrons. The molecule has 1 amide bonds. The van der Waals surface area contributed by atoms with Crippen molar-refractivity contribution >= 4 is 50.6 Å². The zero-order valence-corrected chi connectivity index (χ0v) is 17.6. The molecule has 1 aliphatic rings. The smallest absolute Gasteiger partial charge is 0.248 e. The summed E-state index contributed by atoms with van der Waals surface area (Å²) >= 11 is 5.03. The quantitative estimate of drug-likeness (QED) is 0.698. The van der Waals surface area contributed by atoms with Gasteiger partial charge in [-0.05, 0) is 71.4 Å². The summed E-state index contributed by atoms with van der Waals surface area (Å²) in [5, 5.41) is 2.97. The van der Waals surface area contributed by atoms with E-state index in [1.54, 1.807) is 17.4 Å². The third-order valence-electron chi connectivity index (χ3n) is 4.65. The van der Waals surface area contributed by atoms with Crippen LogP contribution in [0.25, 0.3) is 6.08 Å². The molecular weight excluding hydrogens is 410 g/mol. The molecule has 6 heteroatoms. The molecule has 0 spiro atoms. The number of rotatable bonds is 5. The largest absolute Gasteiger partial charge is 0.369 e. The van der Waals surface area contributed by atoms with Gasteiger partial charge in [0.05, 0.1) is 3.79 Å². The monoisotopic (exact) mass is 433 g/mol. The number of nitrogens with one attached hydrogen (secondary N) is 1. The number of halogens is 1. The molecule has 1 saturated heterocycles. The van der Waals surface area contributed by atoms with E-state index in [1.165, 1.54) is 5.69 Å². The second kappa shape index (κ2) is 8.84. The topological polar surface area (TPSA) is 35.6 Å². The van der Waals surface area contributed by atoms with Crippen LogP contribution in [0.3, 0.4) is 0 Å². The van der Waals surface area contributed by atoms with Gasteiger partial charge in [0.2, 0.25) is 5.91 Å². The van der Waals surface area contributed by atoms with E-state index in [4.69, 9.17) is 0 Å². The van der Waals surface area contributed by atoms with Gasteiger partial charge in [0, 0.05) is 48.5 Å². The van der Waals surface area contributed by atoms with E-state index in [9.17, 15) is 4.79 Å². The van der Waals surface area contributed by atoms with Crippen LogP contribution in [-0.2, 0) is 4.79 Å². The molecule has 2 aromatic rings. The summed E-state index contributed by atoms with van der Waals surface area (Å²) in [4.78, 5) is 18.1. The average Bonchev–Trinajstić information content (AvgIpc) is 3.07. The standard InChI is InChI=1S/C20H24BrN3OS/c1-3-23-10-12-24(13-11-23)16-4-7-18(15(2)14-16)22-20(25)9-6-17-5-8-19(21)26-17/h4-9,14H,3,10-13H2,1-2H3,(H,22,25)/b9-6+. The van der Waals surface area contributed by atoms with Crippen LogP contribution in [0.15, 0.2) is 40.2 Å². The molecule has 0 unspecified atom stereocenters. The van der Waals surface area contributed by atoms with E-state index >= 15 is 0 Å². The van der Waals surface area contributed by atoms with Gasteiger partial charge in [0.25, 0.3) is 0 Å². The van der Waals surface area contributed by atoms with Gasteiger partial charge in [-0.2, -0.15) is 0 Å². The van der Waals surface area contributed by atoms with Crippen molar-refractivity contribution in [2.75, 3.05) is 42.9 Å². The maximum absolute atomic E-state index is 12.2. The summed E-state index contributed by atoms with van der Waals surface area (Å²) in [5.41, 5.74) is 3.18. The lowest BCUT2D eigenvalue weighted by Crippen LogP contribution is -2.46. The highest BCUT2D eigenvalue weighted by Gasteiger charge is 2.16. The van der Waals surface area contributed by atoms with Crippen LogP contribution in [-0.4, -0.2) is 43.5 Å². The SMILES string of the molecule is CCN1CCN(c2ccc(NC(=O)/C=C/c3ccc(Br)s3)c(C)c2)CC1. The normalized spacial score (nSPS) is 15.6. The molecule has 1 aliphatic heterocycles. The van der Waals surface area contributed by atoms with E-state index in [2.05, 4.69) is 50.1 Å². The zero-order chi connectivity index (χ0) is 18.5. The second-order valence-corrected chi connectivity index (χ2v) is 8.88. The van der Waals surface area contributed by atoms with Gasteiger partial charge >= 0.3 is 0 Å². The van der Waals surface area contributed by atoms with Crippen LogP contribution in [0.1, 0.15) is 17.4 Å². The van der Waals surface area contributed by atoms with E-state index in [1.807, 2.05) is 31.2 Å². The van der Waals surface area contributed by atoms with Crippen LogP contribution >= 0.6 is 27.3 Å². The van der Waals surface area contributed by atoms with Crippen molar-refractivity contribution in [1.29, 1.82) is 0 Å². The Balaban J connectivity index is 1.60. The molecule has 1 fully saturated rings. The number of benzene rings is 1. The number of aryl methyl sites for hydroxylation is 1. The van der Waals surface area contributed by atoms with Crippen molar-refractivity contribution in [1.82, 2.24) is 4.90 Å². The van der Waals surface area contributed by atoms with Gasteiger partial charge in [0.1, 0.15) is 0 Å². The first-order valence-corrected chi connectivity index (χ1v) is 10.5. The molecule has 2 heterocycles. The number of likely N-dealkylation sites (N-methyl/N-ethyl adjacent to an activating group) is 1. The Bertz CT molecular complexity index is 794. The predicted molar refractivity (Wildman–Crippen MR) is 115 cm³/mol. The molecule has 4 nitrogen and oxygen atoms in total. The van der Waals surface area contributed by atoms with Gasteiger partial charge < -0.3 is 15.1 Å². The number of nitrogens with zero attached hydrogens (tertiary/aromatic N) is 2. The lowest BCUT2D eigenvalue weighted by molar-refractivity contribution is -0.111. The highest BCUT2D eigenvalue weighted by Crippen LogP contribution is 2.25. The van der Waals surface area contributed by atoms with Crippen LogP contribution in [0, 0.1) is 6.92 Å². The predicted octanol–water partition coefficient (Wildman–Crippen LogP) is 4.61. The number of anilines is 2. The summed E-state index contributed by atoms with van der Waals surface area (Å²) in [5.74, 6) is -0.109. The van der Waals surface area contributed by atoms with E-state index in [0.717, 1.165) is 52.6 Å². The molecule has 1 aromatic heterocycles. The summed E-state index contributed by atoms with van der Waals surface area (Å²) in [7, 11) is 0. The Labute approximate surface area is 167 Å². The number of hydrogen-bond acceptors (Lipinski definition) is 4. The molecule has 26 heavy (non-hydrogen) atoms. The minimum absolute atomic E-state index is 0.109. The van der Waals surface area contributed by atoms with Crippen LogP contribution in [0.2, 0.25) is 0 Å². The highest BCUT2D eigenvalue weighted by molar-refractivity contribution is 9.11. The first kappa shape index (κ1) is 19.1. The van der Waals surface area contributed by atoms with Crippen molar-refractivity contribution in [3.8, 4) is 0 Å². The summed E-state index contributed by atoms with van der Waals surface area (Å²) in [6, 6.07) is 10.2. The van der Waals surface area contributed by atoms with E-state index in [-0.39, 0.29) is 5.91 Å². The maximum atomic E-state index is 12.2. The van der Waals surface area contributed by atoms with Gasteiger partial charge in [-0.25, -0.2) is 0 Å². The molecule has 0 atom stereocenters. The van der Waals surface area contributed by atoms with Crippen LogP contribution in [0.5, 0.6) is 0 Å². The Morgan fingerprint density at radius 3 is 2.62 bits per heavy atom. The van der Waals surface area contributed by atoms with Crippen molar-refractivity contribution in [2.24, 2.45) is 0 Å². The molecule has 0 aliphatic carbocycles. The number of piperazine rings is 1. The van der Waals surface area contributed by atoms with Gasteiger partial charge in [-0.15, -0.1) is 11.3 Å². The number of carbonyl (C=O) groups is 1. The van der Waals surface area contributed by atoms with Crippen LogP contribution < -0.4 is 10.2 Å². The van der Waals surface area contributed by atoms with Gasteiger partial charge in [-0.1, -0.05) is 6.92 Å². The fourth-order valence-corrected chi connectivity index (χ4v) is 4.38. The first-order chi connectivity index (χ1) is 12.5. The molecular formula is C20H24BrN3OS. The lowest BCUT2D eigenvalue weighted by Gasteiger charge is -2.35. The molecule has 0 saturated carbocycles. The number of thiophene rings is 1. The highest BCUT2D eigenvalue weighted by atomic mass is 79.9. The van der Waals surface area contributed by atoms with Crippen molar-refractivity contribution in [2.45, 2.75) is 13.8 Å². The van der Waals surface area contributed by atoms with Crippen molar-refractivity contribution in [3.63, 3.8) is 0 Å². The lowest BCUT2D eigenvalue weighted by atomic mass is 10.1. The minimum Gasteiger partial charge on any atom is -0.369 e. The Morgan fingerprint density at radius 1 is 1.23 bits per heavy atom. The number of carbonyl (C=O) groups excluding carboxylic acids is 1. The third-order valence-corrected chi connectivity index (χ3v) is 6.23. The summed E-state index contributed by atoms with van der Waals surface area (Å²) < 4.78 is 1.06. The number of amides is 1. The Kier molecular flexibility index (Phi) is 6.51. The van der Waals surface area contributed by atoms with E-state index in [0.29, 0.717) is 0 Å². The van der Waals surface area contributed by atoms with Gasteiger partial charge in [-0.3, -0.25) is 4.79 Å². The molecule has 1 aromatic carbocycles. The summed E-state index contributed by atoms with van der Waals surface area (Å²) in [6.45, 7) is 9.70. The summed E-state index contributed by atoms with van der Waals surface area (Å²) in [6.07, 6.45) is 3.41. The fourth-order valence-electron chi connectivity index (χ4n) is 3.06. The number of hydrogen-bond donors (Lipinski definition) is 1. The van der Waals surface area contributed by atoms with Crippen molar-refractivity contribution in [3.05, 3.63) is 50.6 Å². The second-order valence-electron chi connectivity index (χ2n) is 6.38. The first-order valence-electron chi connectivity index (χ1n) is 8.87. The molecule has 3 rings (SSSR count). The molecule has 0 radical (unpaired) electrons. The average molecular weight is 434 g/mol. The zero-order valence-electron chi connectivity index (χ0n) is 15.2. The van der Waals surface area contributed by atoms with Crippen molar-refractivity contribution < 1.29 is 4.79 Å². The van der Waals surface area contributed by atoms with Crippen LogP contribution in [0.4, 0.5) is 11.4 Å². The maximum Gasteiger partial charge on any atom is 0.248 e.